The molecule has 3 aromatic rings. The molecule has 0 bridgehead atoms. The minimum Gasteiger partial charge on any atom is -0.495 e. The van der Waals surface area contributed by atoms with Gasteiger partial charge in [-0.15, -0.1) is 0 Å². The highest BCUT2D eigenvalue weighted by Gasteiger charge is 2.29. The van der Waals surface area contributed by atoms with Crippen molar-refractivity contribution in [2.24, 2.45) is 0 Å². The Bertz CT molecular complexity index is 1540. The van der Waals surface area contributed by atoms with Gasteiger partial charge in [-0.05, 0) is 61.5 Å². The number of carbonyl (C=O) groups excluding carboxylic acids is 1. The second-order valence-corrected chi connectivity index (χ2v) is 12.9. The summed E-state index contributed by atoms with van der Waals surface area (Å²) in [5.74, 6) is -0.286. The Hall–Kier alpha value is -3.16. The molecule has 1 heterocycles. The third-order valence-corrected chi connectivity index (χ3v) is 10.1. The van der Waals surface area contributed by atoms with Crippen LogP contribution in [0, 0.1) is 6.92 Å². The summed E-state index contributed by atoms with van der Waals surface area (Å²) in [6.45, 7) is 2.46. The zero-order valence-corrected chi connectivity index (χ0v) is 23.7. The van der Waals surface area contributed by atoms with E-state index in [0.717, 1.165) is 9.87 Å². The molecule has 0 spiro atoms. The van der Waals surface area contributed by atoms with E-state index >= 15 is 0 Å². The van der Waals surface area contributed by atoms with E-state index in [1.807, 2.05) is 6.92 Å². The Balaban J connectivity index is 1.57. The molecule has 3 aromatic carbocycles. The summed E-state index contributed by atoms with van der Waals surface area (Å²) in [4.78, 5) is 13.1. The zero-order valence-electron chi connectivity index (χ0n) is 21.3. The van der Waals surface area contributed by atoms with Gasteiger partial charge in [0.05, 0.1) is 40.8 Å². The van der Waals surface area contributed by atoms with E-state index < -0.39 is 32.5 Å². The lowest BCUT2D eigenvalue weighted by Crippen LogP contribution is -2.40. The van der Waals surface area contributed by atoms with Crippen LogP contribution in [0.15, 0.2) is 76.5 Å². The third-order valence-electron chi connectivity index (χ3n) is 6.07. The highest BCUT2D eigenvalue weighted by molar-refractivity contribution is 7.92. The highest BCUT2D eigenvalue weighted by Crippen LogP contribution is 2.32. The molecule has 4 rings (SSSR count). The van der Waals surface area contributed by atoms with Crippen LogP contribution in [0.4, 0.5) is 11.4 Å². The number of aryl methyl sites for hydroxylation is 1. The normalized spacial score (nSPS) is 14.5. The predicted molar refractivity (Wildman–Crippen MR) is 148 cm³/mol. The number of nitrogens with zero attached hydrogens (tertiary/aromatic N) is 2. The number of carbonyl (C=O) groups is 1. The van der Waals surface area contributed by atoms with Gasteiger partial charge in [0.25, 0.3) is 10.0 Å². The Kier molecular flexibility index (Phi) is 8.82. The SMILES string of the molecule is COc1ccc(N(CC(=O)Nc2ccc(S(=O)(=O)N3CCOCC3)cc2)S(=O)(=O)c2ccc(C)cc2)cc1Cl. The van der Waals surface area contributed by atoms with Crippen molar-refractivity contribution in [2.45, 2.75) is 16.7 Å². The molecule has 0 atom stereocenters. The van der Waals surface area contributed by atoms with Gasteiger partial charge in [-0.3, -0.25) is 9.10 Å². The van der Waals surface area contributed by atoms with Gasteiger partial charge < -0.3 is 14.8 Å². The first kappa shape index (κ1) is 28.8. The molecule has 0 aromatic heterocycles. The van der Waals surface area contributed by atoms with Gasteiger partial charge in [-0.1, -0.05) is 29.3 Å². The molecular weight excluding hydrogens is 566 g/mol. The number of nitrogens with one attached hydrogen (secondary N) is 1. The topological polar surface area (TPSA) is 122 Å². The van der Waals surface area contributed by atoms with Crippen LogP contribution in [0.5, 0.6) is 5.75 Å². The zero-order chi connectivity index (χ0) is 28.2. The average molecular weight is 594 g/mol. The van der Waals surface area contributed by atoms with Crippen molar-refractivity contribution in [1.29, 1.82) is 0 Å². The number of rotatable bonds is 9. The van der Waals surface area contributed by atoms with Crippen molar-refractivity contribution in [3.05, 3.63) is 77.3 Å². The molecule has 1 fully saturated rings. The van der Waals surface area contributed by atoms with E-state index in [4.69, 9.17) is 21.1 Å². The third kappa shape index (κ3) is 6.53. The fraction of sp³-hybridized carbons (Fsp3) is 0.269. The molecule has 13 heteroatoms. The minimum absolute atomic E-state index is 0.00510. The first-order chi connectivity index (χ1) is 18.5. The maximum Gasteiger partial charge on any atom is 0.264 e. The van der Waals surface area contributed by atoms with Crippen molar-refractivity contribution in [1.82, 2.24) is 4.31 Å². The minimum atomic E-state index is -4.16. The molecule has 1 aliphatic rings. The molecule has 1 N–H and O–H groups in total. The number of amides is 1. The van der Waals surface area contributed by atoms with Crippen LogP contribution in [0.2, 0.25) is 5.02 Å². The van der Waals surface area contributed by atoms with E-state index in [1.165, 1.54) is 66.0 Å². The van der Waals surface area contributed by atoms with E-state index in [9.17, 15) is 21.6 Å². The van der Waals surface area contributed by atoms with E-state index in [2.05, 4.69) is 5.32 Å². The predicted octanol–water partition coefficient (Wildman–Crippen LogP) is 3.51. The highest BCUT2D eigenvalue weighted by atomic mass is 35.5. The van der Waals surface area contributed by atoms with Gasteiger partial charge in [0.1, 0.15) is 12.3 Å². The van der Waals surface area contributed by atoms with Crippen molar-refractivity contribution < 1.29 is 31.1 Å². The lowest BCUT2D eigenvalue weighted by Gasteiger charge is -2.26. The second-order valence-electron chi connectivity index (χ2n) is 8.73. The number of morpholine rings is 1. The lowest BCUT2D eigenvalue weighted by atomic mass is 10.2. The quantitative estimate of drug-likeness (QED) is 0.403. The first-order valence-electron chi connectivity index (χ1n) is 11.9. The molecule has 1 saturated heterocycles. The molecule has 0 saturated carbocycles. The van der Waals surface area contributed by atoms with Crippen LogP contribution in [-0.4, -0.2) is 67.0 Å². The maximum absolute atomic E-state index is 13.6. The van der Waals surface area contributed by atoms with Crippen molar-refractivity contribution in [2.75, 3.05) is 49.6 Å². The van der Waals surface area contributed by atoms with Gasteiger partial charge in [-0.25, -0.2) is 16.8 Å². The lowest BCUT2D eigenvalue weighted by molar-refractivity contribution is -0.114. The fourth-order valence-electron chi connectivity index (χ4n) is 3.94. The van der Waals surface area contributed by atoms with E-state index in [1.54, 1.807) is 12.1 Å². The molecule has 208 valence electrons. The number of sulfonamides is 2. The van der Waals surface area contributed by atoms with E-state index in [0.29, 0.717) is 24.7 Å². The number of halogens is 1. The van der Waals surface area contributed by atoms with Gasteiger partial charge in [0.15, 0.2) is 0 Å². The van der Waals surface area contributed by atoms with Crippen molar-refractivity contribution in [3.8, 4) is 5.75 Å². The van der Waals surface area contributed by atoms with Crippen molar-refractivity contribution >= 4 is 48.9 Å². The van der Waals surface area contributed by atoms with Crippen LogP contribution in [0.25, 0.3) is 0 Å². The standard InChI is InChI=1S/C26H28ClN3O7S2/c1-19-3-8-23(9-4-19)39(34,35)30(21-7-12-25(36-2)24(27)17-21)18-26(31)28-20-5-10-22(11-6-20)38(32,33)29-13-15-37-16-14-29/h3-12,17H,13-16,18H2,1-2H3,(H,28,31). The molecule has 1 amide bonds. The Morgan fingerprint density at radius 1 is 0.974 bits per heavy atom. The molecule has 0 unspecified atom stereocenters. The number of benzene rings is 3. The number of hydrogen-bond donors (Lipinski definition) is 1. The Morgan fingerprint density at radius 3 is 2.18 bits per heavy atom. The number of methoxy groups -OCH3 is 1. The summed E-state index contributed by atoms with van der Waals surface area (Å²) in [6, 6.07) is 16.4. The van der Waals surface area contributed by atoms with Gasteiger partial charge in [-0.2, -0.15) is 4.31 Å². The Morgan fingerprint density at radius 2 is 1.59 bits per heavy atom. The largest absolute Gasteiger partial charge is 0.495 e. The summed E-state index contributed by atoms with van der Waals surface area (Å²) >= 11 is 6.26. The summed E-state index contributed by atoms with van der Waals surface area (Å²) < 4.78 is 65.6. The number of hydrogen-bond acceptors (Lipinski definition) is 7. The van der Waals surface area contributed by atoms with Crippen molar-refractivity contribution in [3.63, 3.8) is 0 Å². The Labute approximate surface area is 233 Å². The molecule has 0 radical (unpaired) electrons. The van der Waals surface area contributed by atoms with Gasteiger partial charge in [0.2, 0.25) is 15.9 Å². The fourth-order valence-corrected chi connectivity index (χ4v) is 7.01. The smallest absolute Gasteiger partial charge is 0.264 e. The summed E-state index contributed by atoms with van der Waals surface area (Å²) in [6.07, 6.45) is 0. The summed E-state index contributed by atoms with van der Waals surface area (Å²) in [5.41, 5.74) is 1.36. The van der Waals surface area contributed by atoms with E-state index in [-0.39, 0.29) is 33.6 Å². The average Bonchev–Trinajstić information content (AvgIpc) is 2.92. The summed E-state index contributed by atoms with van der Waals surface area (Å²) in [5, 5.41) is 2.82. The van der Waals surface area contributed by atoms with Gasteiger partial charge >= 0.3 is 0 Å². The first-order valence-corrected chi connectivity index (χ1v) is 15.2. The molecule has 0 aliphatic carbocycles. The van der Waals surface area contributed by atoms with Crippen LogP contribution >= 0.6 is 11.6 Å². The second kappa shape index (κ2) is 11.9. The van der Waals surface area contributed by atoms with Crippen LogP contribution in [0.1, 0.15) is 5.56 Å². The van der Waals surface area contributed by atoms with Crippen LogP contribution in [-0.2, 0) is 29.6 Å². The summed E-state index contributed by atoms with van der Waals surface area (Å²) in [7, 11) is -6.41. The number of anilines is 2. The number of ether oxygens (including phenoxy) is 2. The molecular formula is C26H28ClN3O7S2. The molecule has 10 nitrogen and oxygen atoms in total. The maximum atomic E-state index is 13.6. The van der Waals surface area contributed by atoms with Crippen LogP contribution < -0.4 is 14.4 Å². The molecule has 1 aliphatic heterocycles. The monoisotopic (exact) mass is 593 g/mol. The van der Waals surface area contributed by atoms with Crippen LogP contribution in [0.3, 0.4) is 0 Å². The molecule has 39 heavy (non-hydrogen) atoms. The van der Waals surface area contributed by atoms with Gasteiger partial charge in [0, 0.05) is 18.8 Å².